The zero-order valence-corrected chi connectivity index (χ0v) is 13.3. The van der Waals surface area contributed by atoms with E-state index in [2.05, 4.69) is 5.92 Å². The summed E-state index contributed by atoms with van der Waals surface area (Å²) in [5.74, 6) is -0.203. The van der Waals surface area contributed by atoms with Gasteiger partial charge in [0.25, 0.3) is 0 Å². The number of methoxy groups -OCH3 is 1. The second-order valence-electron chi connectivity index (χ2n) is 5.58. The number of anilines is 1. The Labute approximate surface area is 133 Å². The van der Waals surface area contributed by atoms with E-state index in [-0.39, 0.29) is 18.0 Å². The highest BCUT2D eigenvalue weighted by molar-refractivity contribution is 5.94. The number of carbonyl (C=O) groups is 2. The number of carboxylic acids is 1. The summed E-state index contributed by atoms with van der Waals surface area (Å²) in [6, 6.07) is 1.87. The zero-order valence-electron chi connectivity index (χ0n) is 13.3. The summed E-state index contributed by atoms with van der Waals surface area (Å²) in [4.78, 5) is 24.2. The molecule has 7 heteroatoms. The third-order valence-electron chi connectivity index (χ3n) is 2.65. The highest BCUT2D eigenvalue weighted by Gasteiger charge is 2.27. The van der Waals surface area contributed by atoms with E-state index >= 15 is 0 Å². The van der Waals surface area contributed by atoms with Crippen LogP contribution in [0.15, 0.2) is 12.1 Å². The standard InChI is InChI=1S/C16H18FNO5/c1-6-7-18(15(21)23-16(2,3)4)12-9-11(17)10(14(19)20)8-13(12)22-5/h1,8-9H,7H2,2-5H3,(H,19,20). The van der Waals surface area contributed by atoms with Gasteiger partial charge in [-0.2, -0.15) is 0 Å². The smallest absolute Gasteiger partial charge is 0.415 e. The molecule has 0 spiro atoms. The van der Waals surface area contributed by atoms with Crippen molar-refractivity contribution in [2.75, 3.05) is 18.6 Å². The molecule has 0 aliphatic heterocycles. The van der Waals surface area contributed by atoms with Crippen LogP contribution >= 0.6 is 0 Å². The Hall–Kier alpha value is -2.75. The van der Waals surface area contributed by atoms with E-state index in [9.17, 15) is 14.0 Å². The van der Waals surface area contributed by atoms with E-state index in [1.165, 1.54) is 7.11 Å². The van der Waals surface area contributed by atoms with Crippen molar-refractivity contribution in [2.45, 2.75) is 26.4 Å². The number of hydrogen-bond acceptors (Lipinski definition) is 4. The van der Waals surface area contributed by atoms with Crippen molar-refractivity contribution in [1.29, 1.82) is 0 Å². The molecule has 0 aliphatic rings. The second-order valence-corrected chi connectivity index (χ2v) is 5.58. The van der Waals surface area contributed by atoms with Crippen molar-refractivity contribution in [1.82, 2.24) is 0 Å². The lowest BCUT2D eigenvalue weighted by Gasteiger charge is -2.27. The molecule has 0 saturated carbocycles. The third kappa shape index (κ3) is 4.61. The van der Waals surface area contributed by atoms with Gasteiger partial charge in [-0.1, -0.05) is 5.92 Å². The van der Waals surface area contributed by atoms with Gasteiger partial charge in [-0.25, -0.2) is 14.0 Å². The van der Waals surface area contributed by atoms with Crippen LogP contribution in [-0.2, 0) is 4.74 Å². The number of nitrogens with zero attached hydrogens (tertiary/aromatic N) is 1. The molecule has 0 heterocycles. The van der Waals surface area contributed by atoms with Crippen molar-refractivity contribution in [3.8, 4) is 18.1 Å². The monoisotopic (exact) mass is 323 g/mol. The van der Waals surface area contributed by atoms with Crippen molar-refractivity contribution in [3.05, 3.63) is 23.5 Å². The van der Waals surface area contributed by atoms with Crippen LogP contribution in [0.5, 0.6) is 5.75 Å². The average Bonchev–Trinajstić information content (AvgIpc) is 2.42. The molecule has 0 bridgehead atoms. The zero-order chi connectivity index (χ0) is 17.8. The Bertz CT molecular complexity index is 658. The van der Waals surface area contributed by atoms with Gasteiger partial charge in [0.1, 0.15) is 17.2 Å². The fourth-order valence-corrected chi connectivity index (χ4v) is 1.74. The average molecular weight is 323 g/mol. The first-order valence-corrected chi connectivity index (χ1v) is 6.65. The van der Waals surface area contributed by atoms with Crippen LogP contribution in [0.2, 0.25) is 0 Å². The lowest BCUT2D eigenvalue weighted by atomic mass is 10.1. The number of halogens is 1. The molecule has 0 saturated heterocycles. The van der Waals surface area contributed by atoms with E-state index < -0.39 is 29.0 Å². The molecule has 0 atom stereocenters. The topological polar surface area (TPSA) is 76.1 Å². The highest BCUT2D eigenvalue weighted by atomic mass is 19.1. The van der Waals surface area contributed by atoms with Gasteiger partial charge >= 0.3 is 12.1 Å². The van der Waals surface area contributed by atoms with Crippen LogP contribution in [0.1, 0.15) is 31.1 Å². The minimum absolute atomic E-state index is 0.00934. The van der Waals surface area contributed by atoms with Crippen molar-refractivity contribution >= 4 is 17.7 Å². The van der Waals surface area contributed by atoms with E-state index in [0.717, 1.165) is 17.0 Å². The highest BCUT2D eigenvalue weighted by Crippen LogP contribution is 2.32. The largest absolute Gasteiger partial charge is 0.495 e. The molecule has 124 valence electrons. The van der Waals surface area contributed by atoms with E-state index in [4.69, 9.17) is 21.0 Å². The molecule has 0 radical (unpaired) electrons. The fraction of sp³-hybridized carbons (Fsp3) is 0.375. The number of aromatic carboxylic acids is 1. The molecule has 1 rings (SSSR count). The number of amides is 1. The number of hydrogen-bond donors (Lipinski definition) is 1. The van der Waals surface area contributed by atoms with Gasteiger partial charge in [-0.05, 0) is 26.8 Å². The minimum Gasteiger partial charge on any atom is -0.495 e. The maximum atomic E-state index is 14.0. The van der Waals surface area contributed by atoms with Crippen molar-refractivity contribution < 1.29 is 28.6 Å². The van der Waals surface area contributed by atoms with Crippen LogP contribution in [0, 0.1) is 18.2 Å². The summed E-state index contributed by atoms with van der Waals surface area (Å²) in [5, 5.41) is 8.95. The van der Waals surface area contributed by atoms with Crippen LogP contribution in [0.4, 0.5) is 14.9 Å². The Balaban J connectivity index is 3.37. The molecule has 6 nitrogen and oxygen atoms in total. The molecule has 23 heavy (non-hydrogen) atoms. The molecule has 1 amide bonds. The van der Waals surface area contributed by atoms with Crippen LogP contribution in [0.25, 0.3) is 0 Å². The summed E-state index contributed by atoms with van der Waals surface area (Å²) < 4.78 is 24.2. The summed E-state index contributed by atoms with van der Waals surface area (Å²) in [7, 11) is 1.27. The van der Waals surface area contributed by atoms with Crippen LogP contribution in [0.3, 0.4) is 0 Å². The Morgan fingerprint density at radius 1 is 1.39 bits per heavy atom. The van der Waals surface area contributed by atoms with E-state index in [1.54, 1.807) is 20.8 Å². The summed E-state index contributed by atoms with van der Waals surface area (Å²) in [6.45, 7) is 4.82. The van der Waals surface area contributed by atoms with Gasteiger partial charge in [-0.15, -0.1) is 6.42 Å². The second kappa shape index (κ2) is 7.01. The van der Waals surface area contributed by atoms with Gasteiger partial charge in [0.2, 0.25) is 0 Å². The summed E-state index contributed by atoms with van der Waals surface area (Å²) >= 11 is 0. The molecular formula is C16H18FNO5. The SMILES string of the molecule is C#CCN(C(=O)OC(C)(C)C)c1cc(F)c(C(=O)O)cc1OC. The summed E-state index contributed by atoms with van der Waals surface area (Å²) in [5.41, 5.74) is -1.37. The molecule has 1 aromatic carbocycles. The minimum atomic E-state index is -1.45. The molecular weight excluding hydrogens is 305 g/mol. The third-order valence-corrected chi connectivity index (χ3v) is 2.65. The maximum Gasteiger partial charge on any atom is 0.415 e. The number of rotatable bonds is 4. The van der Waals surface area contributed by atoms with Crippen LogP contribution < -0.4 is 9.64 Å². The van der Waals surface area contributed by atoms with E-state index in [0.29, 0.717) is 0 Å². The Morgan fingerprint density at radius 3 is 2.43 bits per heavy atom. The summed E-state index contributed by atoms with van der Waals surface area (Å²) in [6.07, 6.45) is 4.45. The predicted octanol–water partition coefficient (Wildman–Crippen LogP) is 2.91. The number of carbonyl (C=O) groups excluding carboxylic acids is 1. The van der Waals surface area contributed by atoms with Crippen molar-refractivity contribution in [3.63, 3.8) is 0 Å². The van der Waals surface area contributed by atoms with Crippen molar-refractivity contribution in [2.24, 2.45) is 0 Å². The Morgan fingerprint density at radius 2 is 2.00 bits per heavy atom. The van der Waals surface area contributed by atoms with E-state index in [1.807, 2.05) is 0 Å². The van der Waals surface area contributed by atoms with Crippen LogP contribution in [-0.4, -0.2) is 36.4 Å². The first kappa shape index (κ1) is 18.3. The van der Waals surface area contributed by atoms with Gasteiger partial charge in [0.15, 0.2) is 0 Å². The van der Waals surface area contributed by atoms with Gasteiger partial charge in [0, 0.05) is 6.07 Å². The molecule has 0 aromatic heterocycles. The molecule has 1 N–H and O–H groups in total. The normalized spacial score (nSPS) is 10.6. The number of benzene rings is 1. The maximum absolute atomic E-state index is 14.0. The number of ether oxygens (including phenoxy) is 2. The molecule has 0 unspecified atom stereocenters. The quantitative estimate of drug-likeness (QED) is 0.862. The lowest BCUT2D eigenvalue weighted by Crippen LogP contribution is -2.37. The number of terminal acetylenes is 1. The molecule has 1 aromatic rings. The Kier molecular flexibility index (Phi) is 5.57. The van der Waals surface area contributed by atoms with Gasteiger partial charge in [0.05, 0.1) is 24.9 Å². The lowest BCUT2D eigenvalue weighted by molar-refractivity contribution is 0.0583. The molecule has 0 aliphatic carbocycles. The first-order valence-electron chi connectivity index (χ1n) is 6.65. The molecule has 0 fully saturated rings. The predicted molar refractivity (Wildman–Crippen MR) is 82.3 cm³/mol. The first-order chi connectivity index (χ1) is 10.6. The fourth-order valence-electron chi connectivity index (χ4n) is 1.74. The van der Waals surface area contributed by atoms with Gasteiger partial charge < -0.3 is 14.6 Å². The van der Waals surface area contributed by atoms with Gasteiger partial charge in [-0.3, -0.25) is 4.90 Å². The number of carboxylic acid groups (broad SMARTS) is 1.